The lowest BCUT2D eigenvalue weighted by atomic mass is 10.2. The third-order valence-electron chi connectivity index (χ3n) is 2.93. The Morgan fingerprint density at radius 2 is 2.05 bits per heavy atom. The van der Waals surface area contributed by atoms with Gasteiger partial charge in [0.1, 0.15) is 6.33 Å². The van der Waals surface area contributed by atoms with E-state index in [9.17, 15) is 0 Å². The lowest BCUT2D eigenvalue weighted by Crippen LogP contribution is -2.11. The highest BCUT2D eigenvalue weighted by Gasteiger charge is 2.14. The Balaban J connectivity index is 2.29. The molecule has 19 heavy (non-hydrogen) atoms. The first-order valence-electron chi connectivity index (χ1n) is 6.30. The van der Waals surface area contributed by atoms with Crippen LogP contribution in [-0.4, -0.2) is 45.3 Å². The van der Waals surface area contributed by atoms with Crippen LogP contribution < -0.4 is 4.90 Å². The van der Waals surface area contributed by atoms with Crippen LogP contribution in [0.2, 0.25) is 0 Å². The number of aryl methyl sites for hydroxylation is 1. The Kier molecular flexibility index (Phi) is 4.71. The molecule has 0 atom stereocenters. The fourth-order valence-corrected chi connectivity index (χ4v) is 2.50. The van der Waals surface area contributed by atoms with Crippen molar-refractivity contribution in [2.45, 2.75) is 25.8 Å². The van der Waals surface area contributed by atoms with Crippen LogP contribution in [0.3, 0.4) is 0 Å². The van der Waals surface area contributed by atoms with Crippen LogP contribution in [0, 0.1) is 0 Å². The summed E-state index contributed by atoms with van der Waals surface area (Å²) in [6, 6.07) is 0. The standard InChI is InChI=1S/C12H18BrN5O/c1-17(2)10-9-11(15-8-14-10)18(12(13)16-9)6-4-3-5-7-19/h8,19H,3-7H2,1-2H3. The topological polar surface area (TPSA) is 67.1 Å². The number of imidazole rings is 1. The number of hydrogen-bond acceptors (Lipinski definition) is 5. The Hall–Kier alpha value is -1.21. The van der Waals surface area contributed by atoms with E-state index in [4.69, 9.17) is 5.11 Å². The predicted octanol–water partition coefficient (Wildman–Crippen LogP) is 1.82. The van der Waals surface area contributed by atoms with Gasteiger partial charge in [-0.05, 0) is 35.2 Å². The zero-order valence-electron chi connectivity index (χ0n) is 11.2. The highest BCUT2D eigenvalue weighted by molar-refractivity contribution is 9.10. The number of aliphatic hydroxyl groups excluding tert-OH is 1. The molecule has 0 radical (unpaired) electrons. The van der Waals surface area contributed by atoms with E-state index in [1.807, 2.05) is 23.6 Å². The Bertz CT molecular complexity index is 554. The van der Waals surface area contributed by atoms with Crippen LogP contribution in [0.5, 0.6) is 0 Å². The lowest BCUT2D eigenvalue weighted by Gasteiger charge is -2.10. The maximum Gasteiger partial charge on any atom is 0.179 e. The van der Waals surface area contributed by atoms with Crippen molar-refractivity contribution in [3.05, 3.63) is 11.1 Å². The van der Waals surface area contributed by atoms with Crippen molar-refractivity contribution in [1.29, 1.82) is 0 Å². The lowest BCUT2D eigenvalue weighted by molar-refractivity contribution is 0.282. The molecule has 0 aliphatic heterocycles. The van der Waals surface area contributed by atoms with Gasteiger partial charge < -0.3 is 14.6 Å². The number of hydrogen-bond donors (Lipinski definition) is 1. The van der Waals surface area contributed by atoms with Gasteiger partial charge in [-0.15, -0.1) is 0 Å². The molecule has 6 nitrogen and oxygen atoms in total. The van der Waals surface area contributed by atoms with E-state index in [1.54, 1.807) is 6.33 Å². The molecule has 0 bridgehead atoms. The van der Waals surface area contributed by atoms with Crippen molar-refractivity contribution in [3.8, 4) is 0 Å². The molecule has 0 aliphatic rings. The van der Waals surface area contributed by atoms with Gasteiger partial charge in [0.2, 0.25) is 0 Å². The van der Waals surface area contributed by atoms with Crippen LogP contribution in [0.4, 0.5) is 5.82 Å². The molecule has 7 heteroatoms. The fraction of sp³-hybridized carbons (Fsp3) is 0.583. The van der Waals surface area contributed by atoms with E-state index < -0.39 is 0 Å². The van der Waals surface area contributed by atoms with Crippen LogP contribution in [0.1, 0.15) is 19.3 Å². The molecule has 0 aliphatic carbocycles. The summed E-state index contributed by atoms with van der Waals surface area (Å²) in [4.78, 5) is 15.0. The Morgan fingerprint density at radius 3 is 2.74 bits per heavy atom. The smallest absolute Gasteiger partial charge is 0.179 e. The monoisotopic (exact) mass is 327 g/mol. The number of aliphatic hydroxyl groups is 1. The minimum absolute atomic E-state index is 0.249. The summed E-state index contributed by atoms with van der Waals surface area (Å²) in [5.74, 6) is 0.819. The average molecular weight is 328 g/mol. The fourth-order valence-electron chi connectivity index (χ4n) is 1.98. The summed E-state index contributed by atoms with van der Waals surface area (Å²) >= 11 is 3.48. The van der Waals surface area contributed by atoms with E-state index >= 15 is 0 Å². The molecular formula is C12H18BrN5O. The summed E-state index contributed by atoms with van der Waals surface area (Å²) in [5, 5.41) is 8.79. The van der Waals surface area contributed by atoms with E-state index in [1.165, 1.54) is 0 Å². The van der Waals surface area contributed by atoms with Crippen molar-refractivity contribution < 1.29 is 5.11 Å². The second-order valence-electron chi connectivity index (χ2n) is 4.58. The van der Waals surface area contributed by atoms with Crippen LogP contribution in [0.15, 0.2) is 11.1 Å². The van der Waals surface area contributed by atoms with Gasteiger partial charge in [-0.1, -0.05) is 0 Å². The zero-order valence-corrected chi connectivity index (χ0v) is 12.8. The van der Waals surface area contributed by atoms with Crippen molar-refractivity contribution in [2.24, 2.45) is 0 Å². The molecule has 2 aromatic rings. The third kappa shape index (κ3) is 3.03. The van der Waals surface area contributed by atoms with E-state index in [-0.39, 0.29) is 6.61 Å². The van der Waals surface area contributed by atoms with E-state index in [0.29, 0.717) is 0 Å². The van der Waals surface area contributed by atoms with E-state index in [2.05, 4.69) is 30.9 Å². The number of aromatic nitrogens is 4. The van der Waals surface area contributed by atoms with Crippen molar-refractivity contribution in [2.75, 3.05) is 25.6 Å². The molecule has 0 spiro atoms. The van der Waals surface area contributed by atoms with E-state index in [0.717, 1.165) is 47.5 Å². The number of anilines is 1. The van der Waals surface area contributed by atoms with Gasteiger partial charge in [-0.3, -0.25) is 0 Å². The number of nitrogens with zero attached hydrogens (tertiary/aromatic N) is 5. The molecule has 0 saturated carbocycles. The highest BCUT2D eigenvalue weighted by atomic mass is 79.9. The first-order chi connectivity index (χ1) is 9.15. The van der Waals surface area contributed by atoms with Gasteiger partial charge in [-0.25, -0.2) is 15.0 Å². The Morgan fingerprint density at radius 1 is 1.26 bits per heavy atom. The molecular weight excluding hydrogens is 310 g/mol. The summed E-state index contributed by atoms with van der Waals surface area (Å²) < 4.78 is 2.82. The number of unbranched alkanes of at least 4 members (excludes halogenated alkanes) is 2. The molecule has 0 aromatic carbocycles. The third-order valence-corrected chi connectivity index (χ3v) is 3.53. The molecule has 1 N–H and O–H groups in total. The molecule has 2 rings (SSSR count). The molecule has 0 unspecified atom stereocenters. The van der Waals surface area contributed by atoms with Crippen LogP contribution >= 0.6 is 15.9 Å². The quantitative estimate of drug-likeness (QED) is 0.647. The molecule has 104 valence electrons. The van der Waals surface area contributed by atoms with Gasteiger partial charge >= 0.3 is 0 Å². The molecule has 0 fully saturated rings. The molecule has 0 saturated heterocycles. The van der Waals surface area contributed by atoms with Gasteiger partial charge in [0, 0.05) is 27.2 Å². The second-order valence-corrected chi connectivity index (χ2v) is 5.29. The summed E-state index contributed by atoms with van der Waals surface area (Å²) in [7, 11) is 3.88. The molecule has 2 heterocycles. The van der Waals surface area contributed by atoms with Crippen LogP contribution in [0.25, 0.3) is 11.2 Å². The minimum Gasteiger partial charge on any atom is -0.396 e. The van der Waals surface area contributed by atoms with Gasteiger partial charge in [-0.2, -0.15) is 0 Å². The zero-order chi connectivity index (χ0) is 13.8. The van der Waals surface area contributed by atoms with Crippen molar-refractivity contribution >= 4 is 32.9 Å². The summed E-state index contributed by atoms with van der Waals surface area (Å²) in [5.41, 5.74) is 1.65. The molecule has 2 aromatic heterocycles. The predicted molar refractivity (Wildman–Crippen MR) is 78.3 cm³/mol. The average Bonchev–Trinajstić information content (AvgIpc) is 2.70. The minimum atomic E-state index is 0.249. The number of halogens is 1. The second kappa shape index (κ2) is 6.29. The first kappa shape index (κ1) is 14.2. The van der Waals surface area contributed by atoms with Crippen LogP contribution in [-0.2, 0) is 6.54 Å². The SMILES string of the molecule is CN(C)c1ncnc2c1nc(Br)n2CCCCCO. The van der Waals surface area contributed by atoms with Gasteiger partial charge in [0.15, 0.2) is 21.7 Å². The van der Waals surface area contributed by atoms with Crippen molar-refractivity contribution in [3.63, 3.8) is 0 Å². The normalized spacial score (nSPS) is 11.2. The van der Waals surface area contributed by atoms with Gasteiger partial charge in [0.25, 0.3) is 0 Å². The number of rotatable bonds is 6. The Labute approximate surface area is 120 Å². The van der Waals surface area contributed by atoms with Gasteiger partial charge in [0.05, 0.1) is 0 Å². The maximum absolute atomic E-state index is 8.79. The molecule has 0 amide bonds. The highest BCUT2D eigenvalue weighted by Crippen LogP contribution is 2.24. The summed E-state index contributed by atoms with van der Waals surface area (Å²) in [6.45, 7) is 1.08. The summed E-state index contributed by atoms with van der Waals surface area (Å²) in [6.07, 6.45) is 4.39. The maximum atomic E-state index is 8.79. The van der Waals surface area contributed by atoms with Crippen molar-refractivity contribution in [1.82, 2.24) is 19.5 Å². The largest absolute Gasteiger partial charge is 0.396 e. The first-order valence-corrected chi connectivity index (χ1v) is 7.09. The number of fused-ring (bicyclic) bond motifs is 1.